The normalized spacial score (nSPS) is 34.2. The second-order valence-electron chi connectivity index (χ2n) is 7.79. The van der Waals surface area contributed by atoms with Crippen molar-refractivity contribution in [3.63, 3.8) is 0 Å². The molecule has 3 aliphatic carbocycles. The van der Waals surface area contributed by atoms with Crippen molar-refractivity contribution in [2.45, 2.75) is 77.6 Å². The average molecular weight is 272 g/mol. The molecule has 0 heteroatoms. The topological polar surface area (TPSA) is 0 Å². The van der Waals surface area contributed by atoms with E-state index in [0.29, 0.717) is 0 Å². The van der Waals surface area contributed by atoms with Gasteiger partial charge in [0.05, 0.1) is 0 Å². The number of allylic oxidation sites excluding steroid dienone is 1. The van der Waals surface area contributed by atoms with Crippen LogP contribution < -0.4 is 0 Å². The monoisotopic (exact) mass is 272 g/mol. The van der Waals surface area contributed by atoms with Crippen LogP contribution in [0, 0.1) is 35.5 Å². The zero-order valence-corrected chi connectivity index (χ0v) is 13.4. The Hall–Kier alpha value is -0.260. The summed E-state index contributed by atoms with van der Waals surface area (Å²) in [6.45, 7) is 6.36. The molecule has 0 amide bonds. The molecule has 0 heterocycles. The molecule has 2 unspecified atom stereocenters. The van der Waals surface area contributed by atoms with Gasteiger partial charge in [-0.25, -0.2) is 0 Å². The van der Waals surface area contributed by atoms with Gasteiger partial charge in [0.1, 0.15) is 0 Å². The molecule has 0 spiro atoms. The highest BCUT2D eigenvalue weighted by atomic mass is 14.4. The lowest BCUT2D eigenvalue weighted by Crippen LogP contribution is -2.23. The van der Waals surface area contributed by atoms with E-state index >= 15 is 0 Å². The molecule has 20 heavy (non-hydrogen) atoms. The lowest BCUT2D eigenvalue weighted by molar-refractivity contribution is 0.282. The van der Waals surface area contributed by atoms with Crippen molar-refractivity contribution in [3.05, 3.63) is 24.5 Å². The van der Waals surface area contributed by atoms with E-state index in [1.165, 1.54) is 70.6 Å². The maximum atomic E-state index is 3.93. The van der Waals surface area contributed by atoms with Crippen LogP contribution in [0.5, 0.6) is 0 Å². The van der Waals surface area contributed by atoms with Crippen molar-refractivity contribution in [1.82, 2.24) is 0 Å². The molecule has 0 aromatic carbocycles. The molecule has 3 rings (SSSR count). The summed E-state index contributed by atoms with van der Waals surface area (Å²) in [5.41, 5.74) is 0. The smallest absolute Gasteiger partial charge is 0.00299 e. The Morgan fingerprint density at radius 3 is 2.20 bits per heavy atom. The summed E-state index contributed by atoms with van der Waals surface area (Å²) >= 11 is 0. The quantitative estimate of drug-likeness (QED) is 0.564. The van der Waals surface area contributed by atoms with Gasteiger partial charge in [-0.15, -0.1) is 6.58 Å². The third kappa shape index (κ3) is 3.68. The second kappa shape index (κ2) is 6.67. The Kier molecular flexibility index (Phi) is 4.89. The van der Waals surface area contributed by atoms with E-state index in [4.69, 9.17) is 0 Å². The first kappa shape index (κ1) is 14.7. The first-order valence-corrected chi connectivity index (χ1v) is 9.08. The minimum absolute atomic E-state index is 0.961. The van der Waals surface area contributed by atoms with Gasteiger partial charge >= 0.3 is 0 Å². The molecule has 3 aliphatic rings. The van der Waals surface area contributed by atoms with E-state index in [1.807, 2.05) is 5.92 Å². The van der Waals surface area contributed by atoms with Gasteiger partial charge in [0.15, 0.2) is 0 Å². The van der Waals surface area contributed by atoms with Gasteiger partial charge in [0, 0.05) is 0 Å². The highest BCUT2D eigenvalue weighted by molar-refractivity contribution is 5.12. The van der Waals surface area contributed by atoms with Gasteiger partial charge in [0.2, 0.25) is 0 Å². The molecule has 2 radical (unpaired) electrons. The summed E-state index contributed by atoms with van der Waals surface area (Å²) in [5.74, 6) is 7.72. The predicted molar refractivity (Wildman–Crippen MR) is 87.1 cm³/mol. The summed E-state index contributed by atoms with van der Waals surface area (Å²) < 4.78 is 0. The molecule has 2 atom stereocenters. The Morgan fingerprint density at radius 2 is 1.65 bits per heavy atom. The van der Waals surface area contributed by atoms with Crippen LogP contribution >= 0.6 is 0 Å². The lowest BCUT2D eigenvalue weighted by Gasteiger charge is -2.37. The summed E-state index contributed by atoms with van der Waals surface area (Å²) in [6, 6.07) is 0. The number of rotatable bonds is 5. The fraction of sp³-hybridized carbons (Fsp3) is 0.800. The summed E-state index contributed by atoms with van der Waals surface area (Å²) in [6.07, 6.45) is 18.1. The van der Waals surface area contributed by atoms with Gasteiger partial charge < -0.3 is 0 Å². The fourth-order valence-electron chi connectivity index (χ4n) is 4.60. The van der Waals surface area contributed by atoms with E-state index in [-0.39, 0.29) is 0 Å². The van der Waals surface area contributed by atoms with Crippen LogP contribution in [0.25, 0.3) is 0 Å². The largest absolute Gasteiger partial charge is 0.102 e. The van der Waals surface area contributed by atoms with Crippen molar-refractivity contribution in [3.8, 4) is 0 Å². The molecule has 0 bridgehead atoms. The maximum absolute atomic E-state index is 3.93. The molecule has 112 valence electrons. The van der Waals surface area contributed by atoms with Gasteiger partial charge in [0.25, 0.3) is 0 Å². The molecule has 0 saturated heterocycles. The molecular weight excluding hydrogens is 240 g/mol. The van der Waals surface area contributed by atoms with Crippen LogP contribution in [-0.2, 0) is 0 Å². The molecule has 0 aromatic rings. The minimum Gasteiger partial charge on any atom is -0.102 e. The van der Waals surface area contributed by atoms with Gasteiger partial charge in [-0.3, -0.25) is 0 Å². The van der Waals surface area contributed by atoms with Crippen molar-refractivity contribution >= 4 is 0 Å². The molecule has 0 nitrogen and oxygen atoms in total. The van der Waals surface area contributed by atoms with E-state index in [2.05, 4.69) is 19.6 Å². The van der Waals surface area contributed by atoms with Gasteiger partial charge in [-0.2, -0.15) is 0 Å². The summed E-state index contributed by atoms with van der Waals surface area (Å²) in [7, 11) is 0. The van der Waals surface area contributed by atoms with Crippen LogP contribution in [0.4, 0.5) is 0 Å². The van der Waals surface area contributed by atoms with Crippen molar-refractivity contribution in [2.75, 3.05) is 0 Å². The van der Waals surface area contributed by atoms with Crippen molar-refractivity contribution in [1.29, 1.82) is 0 Å². The summed E-state index contributed by atoms with van der Waals surface area (Å²) in [5, 5.41) is 0. The van der Waals surface area contributed by atoms with Crippen LogP contribution in [0.1, 0.15) is 77.6 Å². The van der Waals surface area contributed by atoms with E-state index in [1.54, 1.807) is 5.92 Å². The molecule has 3 fully saturated rings. The third-order valence-corrected chi connectivity index (χ3v) is 6.46. The number of hydrogen-bond donors (Lipinski definition) is 0. The van der Waals surface area contributed by atoms with E-state index < -0.39 is 0 Å². The zero-order valence-electron chi connectivity index (χ0n) is 13.4. The maximum Gasteiger partial charge on any atom is -0.00299 e. The van der Waals surface area contributed by atoms with Crippen LogP contribution in [0.2, 0.25) is 0 Å². The molecular formula is C20H32. The van der Waals surface area contributed by atoms with Gasteiger partial charge in [-0.1, -0.05) is 19.4 Å². The Labute approximate surface area is 126 Å². The Morgan fingerprint density at radius 1 is 1.00 bits per heavy atom. The highest BCUT2D eigenvalue weighted by Crippen LogP contribution is 2.46. The Balaban J connectivity index is 1.34. The zero-order chi connectivity index (χ0) is 13.9. The minimum atomic E-state index is 0.961. The van der Waals surface area contributed by atoms with Crippen molar-refractivity contribution in [2.24, 2.45) is 23.7 Å². The molecule has 0 N–H and O–H groups in total. The first-order chi connectivity index (χ1) is 9.76. The average Bonchev–Trinajstić information content (AvgIpc) is 3.21. The fourth-order valence-corrected chi connectivity index (χ4v) is 4.60. The SMILES string of the molecule is C=C[C]1CCC([C]2CCC(CCC3CC3C)CC2)CC1. The predicted octanol–water partition coefficient (Wildman–Crippen LogP) is 6.14. The first-order valence-electron chi connectivity index (χ1n) is 9.08. The van der Waals surface area contributed by atoms with Gasteiger partial charge in [-0.05, 0) is 99.7 Å². The van der Waals surface area contributed by atoms with E-state index in [0.717, 1.165) is 23.7 Å². The Bertz CT molecular complexity index is 302. The molecule has 3 saturated carbocycles. The lowest BCUT2D eigenvalue weighted by atomic mass is 9.68. The van der Waals surface area contributed by atoms with Crippen LogP contribution in [-0.4, -0.2) is 0 Å². The third-order valence-electron chi connectivity index (χ3n) is 6.46. The number of hydrogen-bond acceptors (Lipinski definition) is 0. The van der Waals surface area contributed by atoms with Crippen LogP contribution in [0.3, 0.4) is 0 Å². The van der Waals surface area contributed by atoms with E-state index in [9.17, 15) is 0 Å². The molecule has 0 aliphatic heterocycles. The molecule has 0 aromatic heterocycles. The second-order valence-corrected chi connectivity index (χ2v) is 7.79. The van der Waals surface area contributed by atoms with Crippen LogP contribution in [0.15, 0.2) is 12.7 Å². The van der Waals surface area contributed by atoms with Crippen molar-refractivity contribution < 1.29 is 0 Å². The highest BCUT2D eigenvalue weighted by Gasteiger charge is 2.34. The summed E-state index contributed by atoms with van der Waals surface area (Å²) in [4.78, 5) is 0. The standard InChI is InChI=1S/C20H32/c1-3-16-4-9-18(10-5-16)19-11-6-17(7-12-19)8-13-20-14-15(20)2/h3,15,17-18,20H,1,4-14H2,2H3.